The first-order chi connectivity index (χ1) is 7.19. The molecule has 0 aromatic carbocycles. The molecule has 1 aliphatic heterocycles. The van der Waals surface area contributed by atoms with Crippen LogP contribution in [0, 0.1) is 0 Å². The van der Waals surface area contributed by atoms with Crippen molar-refractivity contribution in [2.75, 3.05) is 25.1 Å². The standard InChI is InChI=1S/C12H26N2S/c1-5-13-12-6-7-14(10(2)8-12)11(3)9-15-4/h10-13H,5-9H2,1-4H3. The van der Waals surface area contributed by atoms with Crippen LogP contribution < -0.4 is 5.32 Å². The van der Waals surface area contributed by atoms with Crippen molar-refractivity contribution in [1.82, 2.24) is 10.2 Å². The average Bonchev–Trinajstić information content (AvgIpc) is 2.18. The zero-order chi connectivity index (χ0) is 11.3. The fraction of sp³-hybridized carbons (Fsp3) is 1.00. The number of nitrogens with zero attached hydrogens (tertiary/aromatic N) is 1. The molecule has 15 heavy (non-hydrogen) atoms. The molecule has 0 aromatic heterocycles. The first kappa shape index (κ1) is 13.3. The minimum atomic E-state index is 0.734. The SMILES string of the molecule is CCNC1CCN(C(C)CSC)C(C)C1. The van der Waals surface area contributed by atoms with Crippen molar-refractivity contribution >= 4 is 11.8 Å². The lowest BCUT2D eigenvalue weighted by Gasteiger charge is -2.41. The largest absolute Gasteiger partial charge is 0.314 e. The molecule has 1 heterocycles. The molecule has 0 radical (unpaired) electrons. The number of nitrogens with one attached hydrogen (secondary N) is 1. The molecule has 0 aromatic rings. The van der Waals surface area contributed by atoms with Crippen molar-refractivity contribution in [2.24, 2.45) is 0 Å². The minimum absolute atomic E-state index is 0.734. The molecule has 1 saturated heterocycles. The third kappa shape index (κ3) is 3.97. The van der Waals surface area contributed by atoms with Crippen molar-refractivity contribution in [2.45, 2.75) is 51.7 Å². The Morgan fingerprint density at radius 2 is 2.27 bits per heavy atom. The van der Waals surface area contributed by atoms with Crippen molar-refractivity contribution in [1.29, 1.82) is 0 Å². The highest BCUT2D eigenvalue weighted by molar-refractivity contribution is 7.98. The van der Waals surface area contributed by atoms with E-state index in [1.807, 2.05) is 11.8 Å². The van der Waals surface area contributed by atoms with E-state index in [2.05, 4.69) is 37.2 Å². The summed E-state index contributed by atoms with van der Waals surface area (Å²) < 4.78 is 0. The molecule has 3 unspecified atom stereocenters. The Balaban J connectivity index is 2.37. The van der Waals surface area contributed by atoms with Gasteiger partial charge >= 0.3 is 0 Å². The lowest BCUT2D eigenvalue weighted by atomic mass is 9.97. The molecule has 0 bridgehead atoms. The number of rotatable bonds is 5. The molecule has 1 aliphatic rings. The maximum absolute atomic E-state index is 3.57. The highest BCUT2D eigenvalue weighted by atomic mass is 32.2. The van der Waals surface area contributed by atoms with E-state index in [0.717, 1.165) is 24.7 Å². The average molecular weight is 230 g/mol. The van der Waals surface area contributed by atoms with Gasteiger partial charge in [-0.1, -0.05) is 6.92 Å². The maximum atomic E-state index is 3.57. The van der Waals surface area contributed by atoms with Crippen LogP contribution in [0.4, 0.5) is 0 Å². The lowest BCUT2D eigenvalue weighted by Crippen LogP contribution is -2.51. The summed E-state index contributed by atoms with van der Waals surface area (Å²) in [6, 6.07) is 2.23. The van der Waals surface area contributed by atoms with Gasteiger partial charge in [0.05, 0.1) is 0 Å². The number of hydrogen-bond acceptors (Lipinski definition) is 3. The van der Waals surface area contributed by atoms with Gasteiger partial charge in [-0.25, -0.2) is 0 Å². The highest BCUT2D eigenvalue weighted by Gasteiger charge is 2.27. The van der Waals surface area contributed by atoms with Gasteiger partial charge in [-0.3, -0.25) is 4.90 Å². The van der Waals surface area contributed by atoms with E-state index >= 15 is 0 Å². The summed E-state index contributed by atoms with van der Waals surface area (Å²) in [6.45, 7) is 9.31. The van der Waals surface area contributed by atoms with Crippen molar-refractivity contribution in [3.8, 4) is 0 Å². The first-order valence-corrected chi connectivity index (χ1v) is 7.56. The van der Waals surface area contributed by atoms with E-state index in [9.17, 15) is 0 Å². The lowest BCUT2D eigenvalue weighted by molar-refractivity contribution is 0.106. The van der Waals surface area contributed by atoms with E-state index in [0.29, 0.717) is 0 Å². The van der Waals surface area contributed by atoms with Crippen LogP contribution >= 0.6 is 11.8 Å². The predicted molar refractivity (Wildman–Crippen MR) is 70.7 cm³/mol. The Morgan fingerprint density at radius 1 is 1.53 bits per heavy atom. The fourth-order valence-corrected chi connectivity index (χ4v) is 3.33. The summed E-state index contributed by atoms with van der Waals surface area (Å²) in [7, 11) is 0. The second kappa shape index (κ2) is 6.77. The summed E-state index contributed by atoms with van der Waals surface area (Å²) in [5.41, 5.74) is 0. The predicted octanol–water partition coefficient (Wildman–Crippen LogP) is 2.20. The topological polar surface area (TPSA) is 15.3 Å². The minimum Gasteiger partial charge on any atom is -0.314 e. The molecule has 1 fully saturated rings. The Bertz CT molecular complexity index is 175. The monoisotopic (exact) mass is 230 g/mol. The van der Waals surface area contributed by atoms with Gasteiger partial charge in [0.15, 0.2) is 0 Å². The summed E-state index contributed by atoms with van der Waals surface area (Å²) >= 11 is 1.96. The molecule has 0 amide bonds. The molecule has 1 N–H and O–H groups in total. The van der Waals surface area contributed by atoms with Crippen LogP contribution in [0.5, 0.6) is 0 Å². The second-order valence-corrected chi connectivity index (χ2v) is 5.58. The van der Waals surface area contributed by atoms with Crippen LogP contribution in [0.15, 0.2) is 0 Å². The van der Waals surface area contributed by atoms with E-state index in [4.69, 9.17) is 0 Å². The molecule has 3 heteroatoms. The highest BCUT2D eigenvalue weighted by Crippen LogP contribution is 2.21. The molecule has 2 nitrogen and oxygen atoms in total. The van der Waals surface area contributed by atoms with Gasteiger partial charge in [0.1, 0.15) is 0 Å². The number of hydrogen-bond donors (Lipinski definition) is 1. The van der Waals surface area contributed by atoms with Crippen LogP contribution in [-0.4, -0.2) is 48.1 Å². The molecule has 0 aliphatic carbocycles. The second-order valence-electron chi connectivity index (χ2n) is 4.67. The molecule has 3 atom stereocenters. The van der Waals surface area contributed by atoms with Crippen LogP contribution in [0.25, 0.3) is 0 Å². The van der Waals surface area contributed by atoms with Gasteiger partial charge in [0.2, 0.25) is 0 Å². The van der Waals surface area contributed by atoms with Crippen LogP contribution in [0.2, 0.25) is 0 Å². The number of likely N-dealkylation sites (tertiary alicyclic amines) is 1. The van der Waals surface area contributed by atoms with Crippen LogP contribution in [0.1, 0.15) is 33.6 Å². The first-order valence-electron chi connectivity index (χ1n) is 6.17. The Kier molecular flexibility index (Phi) is 6.02. The van der Waals surface area contributed by atoms with Crippen molar-refractivity contribution < 1.29 is 0 Å². The van der Waals surface area contributed by atoms with Gasteiger partial charge in [-0.15, -0.1) is 0 Å². The molecule has 0 spiro atoms. The molecular weight excluding hydrogens is 204 g/mol. The number of piperidine rings is 1. The molecule has 0 saturated carbocycles. The summed E-state index contributed by atoms with van der Waals surface area (Å²) in [5.74, 6) is 1.26. The third-order valence-corrected chi connectivity index (χ3v) is 4.21. The van der Waals surface area contributed by atoms with E-state index in [1.54, 1.807) is 0 Å². The van der Waals surface area contributed by atoms with E-state index in [1.165, 1.54) is 25.1 Å². The quantitative estimate of drug-likeness (QED) is 0.779. The van der Waals surface area contributed by atoms with Crippen molar-refractivity contribution in [3.63, 3.8) is 0 Å². The Hall–Kier alpha value is 0.270. The summed E-state index contributed by atoms with van der Waals surface area (Å²) in [4.78, 5) is 2.67. The summed E-state index contributed by atoms with van der Waals surface area (Å²) in [5, 5.41) is 3.57. The zero-order valence-corrected chi connectivity index (χ0v) is 11.4. The van der Waals surface area contributed by atoms with Crippen molar-refractivity contribution in [3.05, 3.63) is 0 Å². The van der Waals surface area contributed by atoms with Gasteiger partial charge in [0.25, 0.3) is 0 Å². The fourth-order valence-electron chi connectivity index (χ4n) is 2.66. The van der Waals surface area contributed by atoms with Gasteiger partial charge in [-0.2, -0.15) is 11.8 Å². The smallest absolute Gasteiger partial charge is 0.0160 e. The van der Waals surface area contributed by atoms with E-state index in [-0.39, 0.29) is 0 Å². The van der Waals surface area contributed by atoms with E-state index < -0.39 is 0 Å². The normalized spacial score (nSPS) is 30.4. The molecular formula is C12H26N2S. The summed E-state index contributed by atoms with van der Waals surface area (Å²) in [6.07, 6.45) is 4.83. The van der Waals surface area contributed by atoms with Gasteiger partial charge in [-0.05, 0) is 39.5 Å². The number of thioether (sulfide) groups is 1. The zero-order valence-electron chi connectivity index (χ0n) is 10.6. The van der Waals surface area contributed by atoms with Crippen LogP contribution in [-0.2, 0) is 0 Å². The van der Waals surface area contributed by atoms with Gasteiger partial charge in [0, 0.05) is 30.4 Å². The molecule has 1 rings (SSSR count). The third-order valence-electron chi connectivity index (χ3n) is 3.39. The molecule has 90 valence electrons. The Morgan fingerprint density at radius 3 is 2.80 bits per heavy atom. The Labute approximate surface area is 99.2 Å². The van der Waals surface area contributed by atoms with Gasteiger partial charge < -0.3 is 5.32 Å². The maximum Gasteiger partial charge on any atom is 0.0160 e. The van der Waals surface area contributed by atoms with Crippen LogP contribution in [0.3, 0.4) is 0 Å².